The number of morpholine rings is 1. The Morgan fingerprint density at radius 1 is 1.24 bits per heavy atom. The van der Waals surface area contributed by atoms with Gasteiger partial charge in [-0.3, -0.25) is 0 Å². The van der Waals surface area contributed by atoms with Crippen LogP contribution in [0.4, 0.5) is 20.2 Å². The molecule has 0 atom stereocenters. The zero-order valence-corrected chi connectivity index (χ0v) is 8.94. The zero-order valence-electron chi connectivity index (χ0n) is 8.94. The van der Waals surface area contributed by atoms with Crippen molar-refractivity contribution in [2.75, 3.05) is 31.2 Å². The number of hydrogen-bond acceptors (Lipinski definition) is 3. The standard InChI is InChI=1S/C10H10F2N4O/c11-8-5-7(14-15-13)6-9(12)10(8)16-1-3-17-4-2-16/h5-6H,1-4H2. The van der Waals surface area contributed by atoms with Crippen molar-refractivity contribution >= 4 is 11.4 Å². The quantitative estimate of drug-likeness (QED) is 0.453. The molecule has 1 aromatic rings. The molecular formula is C10H10F2N4O. The fourth-order valence-corrected chi connectivity index (χ4v) is 1.75. The Kier molecular flexibility index (Phi) is 3.41. The highest BCUT2D eigenvalue weighted by Gasteiger charge is 2.19. The summed E-state index contributed by atoms with van der Waals surface area (Å²) in [5.41, 5.74) is 8.04. The SMILES string of the molecule is [N-]=[N+]=Nc1cc(F)c(N2CCOCC2)c(F)c1. The number of azide groups is 1. The Morgan fingerprint density at radius 2 is 1.82 bits per heavy atom. The van der Waals surface area contributed by atoms with Gasteiger partial charge in [0.05, 0.1) is 13.2 Å². The summed E-state index contributed by atoms with van der Waals surface area (Å²) in [4.78, 5) is 4.07. The summed E-state index contributed by atoms with van der Waals surface area (Å²) in [5.74, 6) is -1.45. The van der Waals surface area contributed by atoms with Crippen LogP contribution < -0.4 is 4.90 Å². The molecule has 0 unspecified atom stereocenters. The van der Waals surface area contributed by atoms with Crippen molar-refractivity contribution < 1.29 is 13.5 Å². The molecule has 90 valence electrons. The topological polar surface area (TPSA) is 61.2 Å². The smallest absolute Gasteiger partial charge is 0.149 e. The molecule has 1 aromatic carbocycles. The van der Waals surface area contributed by atoms with E-state index in [-0.39, 0.29) is 11.4 Å². The van der Waals surface area contributed by atoms with E-state index in [0.29, 0.717) is 26.3 Å². The van der Waals surface area contributed by atoms with E-state index in [1.165, 1.54) is 0 Å². The largest absolute Gasteiger partial charge is 0.378 e. The first-order valence-corrected chi connectivity index (χ1v) is 5.09. The molecule has 1 aliphatic heterocycles. The Bertz CT molecular complexity index is 444. The molecule has 2 rings (SSSR count). The maximum Gasteiger partial charge on any atom is 0.149 e. The van der Waals surface area contributed by atoms with Crippen LogP contribution in [0.15, 0.2) is 17.2 Å². The number of rotatable bonds is 2. The van der Waals surface area contributed by atoms with E-state index in [9.17, 15) is 8.78 Å². The average molecular weight is 240 g/mol. The summed E-state index contributed by atoms with van der Waals surface area (Å²) in [6.07, 6.45) is 0. The molecule has 0 aliphatic carbocycles. The third kappa shape index (κ3) is 2.46. The molecule has 0 bridgehead atoms. The van der Waals surface area contributed by atoms with Gasteiger partial charge >= 0.3 is 0 Å². The van der Waals surface area contributed by atoms with Crippen molar-refractivity contribution in [2.45, 2.75) is 0 Å². The highest BCUT2D eigenvalue weighted by Crippen LogP contribution is 2.28. The predicted molar refractivity (Wildman–Crippen MR) is 58.2 cm³/mol. The highest BCUT2D eigenvalue weighted by molar-refractivity contribution is 5.55. The minimum atomic E-state index is -0.727. The van der Waals surface area contributed by atoms with Crippen molar-refractivity contribution in [3.05, 3.63) is 34.2 Å². The van der Waals surface area contributed by atoms with Crippen LogP contribution in [-0.2, 0) is 4.74 Å². The summed E-state index contributed by atoms with van der Waals surface area (Å²) in [7, 11) is 0. The summed E-state index contributed by atoms with van der Waals surface area (Å²) in [5, 5.41) is 3.17. The highest BCUT2D eigenvalue weighted by atomic mass is 19.1. The third-order valence-corrected chi connectivity index (χ3v) is 2.49. The lowest BCUT2D eigenvalue weighted by atomic mass is 10.2. The molecule has 1 aliphatic rings. The molecule has 0 spiro atoms. The van der Waals surface area contributed by atoms with E-state index >= 15 is 0 Å². The molecule has 7 heteroatoms. The van der Waals surface area contributed by atoms with Crippen molar-refractivity contribution in [3.8, 4) is 0 Å². The van der Waals surface area contributed by atoms with Crippen LogP contribution in [-0.4, -0.2) is 26.3 Å². The van der Waals surface area contributed by atoms with Crippen LogP contribution in [0.1, 0.15) is 0 Å². The van der Waals surface area contributed by atoms with Gasteiger partial charge < -0.3 is 9.64 Å². The van der Waals surface area contributed by atoms with E-state index < -0.39 is 11.6 Å². The number of ether oxygens (including phenoxy) is 1. The number of hydrogen-bond donors (Lipinski definition) is 0. The number of halogens is 2. The number of nitrogens with zero attached hydrogens (tertiary/aromatic N) is 4. The van der Waals surface area contributed by atoms with Gasteiger partial charge in [-0.15, -0.1) is 0 Å². The second kappa shape index (κ2) is 4.99. The van der Waals surface area contributed by atoms with Gasteiger partial charge in [-0.1, -0.05) is 5.11 Å². The van der Waals surface area contributed by atoms with Crippen molar-refractivity contribution in [2.24, 2.45) is 5.11 Å². The summed E-state index contributed by atoms with van der Waals surface area (Å²) in [6.45, 7) is 1.76. The van der Waals surface area contributed by atoms with Gasteiger partial charge in [-0.05, 0) is 17.7 Å². The van der Waals surface area contributed by atoms with Gasteiger partial charge in [0.25, 0.3) is 0 Å². The van der Waals surface area contributed by atoms with Crippen LogP contribution >= 0.6 is 0 Å². The molecule has 0 saturated carbocycles. The zero-order chi connectivity index (χ0) is 12.3. The Hall–Kier alpha value is -1.85. The van der Waals surface area contributed by atoms with Crippen LogP contribution in [0.5, 0.6) is 0 Å². The Labute approximate surface area is 96.2 Å². The normalized spacial score (nSPS) is 15.5. The lowest BCUT2D eigenvalue weighted by Crippen LogP contribution is -2.37. The van der Waals surface area contributed by atoms with E-state index in [0.717, 1.165) is 12.1 Å². The first kappa shape index (κ1) is 11.6. The van der Waals surface area contributed by atoms with Crippen LogP contribution in [0.2, 0.25) is 0 Å². The molecule has 0 amide bonds. The molecular weight excluding hydrogens is 230 g/mol. The molecule has 1 saturated heterocycles. The third-order valence-electron chi connectivity index (χ3n) is 2.49. The first-order chi connectivity index (χ1) is 8.22. The number of benzene rings is 1. The molecule has 0 N–H and O–H groups in total. The van der Waals surface area contributed by atoms with E-state index in [1.807, 2.05) is 0 Å². The van der Waals surface area contributed by atoms with Gasteiger partial charge in [-0.25, -0.2) is 8.78 Å². The lowest BCUT2D eigenvalue weighted by Gasteiger charge is -2.29. The van der Waals surface area contributed by atoms with Gasteiger partial charge in [0.15, 0.2) is 0 Å². The summed E-state index contributed by atoms with van der Waals surface area (Å²) >= 11 is 0. The predicted octanol–water partition coefficient (Wildman–Crippen LogP) is 2.74. The van der Waals surface area contributed by atoms with Gasteiger partial charge in [0.2, 0.25) is 0 Å². The lowest BCUT2D eigenvalue weighted by molar-refractivity contribution is 0.122. The molecule has 1 heterocycles. The monoisotopic (exact) mass is 240 g/mol. The average Bonchev–Trinajstić information content (AvgIpc) is 2.30. The van der Waals surface area contributed by atoms with E-state index in [2.05, 4.69) is 10.0 Å². The van der Waals surface area contributed by atoms with E-state index in [1.54, 1.807) is 4.90 Å². The molecule has 1 fully saturated rings. The molecule has 0 aromatic heterocycles. The fraction of sp³-hybridized carbons (Fsp3) is 0.400. The molecule has 5 nitrogen and oxygen atoms in total. The minimum Gasteiger partial charge on any atom is -0.378 e. The molecule has 0 radical (unpaired) electrons. The maximum absolute atomic E-state index is 13.7. The van der Waals surface area contributed by atoms with Crippen molar-refractivity contribution in [1.29, 1.82) is 0 Å². The Balaban J connectivity index is 2.36. The van der Waals surface area contributed by atoms with Crippen LogP contribution in [0.3, 0.4) is 0 Å². The van der Waals surface area contributed by atoms with Crippen molar-refractivity contribution in [3.63, 3.8) is 0 Å². The minimum absolute atomic E-state index is 0.0699. The van der Waals surface area contributed by atoms with Gasteiger partial charge in [0, 0.05) is 23.7 Å². The van der Waals surface area contributed by atoms with Crippen LogP contribution in [0, 0.1) is 11.6 Å². The first-order valence-electron chi connectivity index (χ1n) is 5.09. The van der Waals surface area contributed by atoms with Crippen molar-refractivity contribution in [1.82, 2.24) is 0 Å². The van der Waals surface area contributed by atoms with Crippen LogP contribution in [0.25, 0.3) is 10.4 Å². The Morgan fingerprint density at radius 3 is 2.35 bits per heavy atom. The summed E-state index contributed by atoms with van der Waals surface area (Å²) < 4.78 is 32.5. The summed E-state index contributed by atoms with van der Waals surface area (Å²) in [6, 6.07) is 2.04. The molecule has 17 heavy (non-hydrogen) atoms. The second-order valence-corrected chi connectivity index (χ2v) is 3.55. The number of anilines is 1. The van der Waals surface area contributed by atoms with Gasteiger partial charge in [-0.2, -0.15) is 0 Å². The van der Waals surface area contributed by atoms with Gasteiger partial charge in [0.1, 0.15) is 17.3 Å². The second-order valence-electron chi connectivity index (χ2n) is 3.55. The van der Waals surface area contributed by atoms with E-state index in [4.69, 9.17) is 10.3 Å². The fourth-order valence-electron chi connectivity index (χ4n) is 1.75. The maximum atomic E-state index is 13.7.